The zero-order valence-corrected chi connectivity index (χ0v) is 8.23. The molecule has 1 heterocycles. The van der Waals surface area contributed by atoms with Crippen LogP contribution in [0, 0.1) is 0 Å². The average Bonchev–Trinajstić information content (AvgIpc) is 2.47. The van der Waals surface area contributed by atoms with Crippen molar-refractivity contribution in [1.29, 1.82) is 0 Å². The van der Waals surface area contributed by atoms with Gasteiger partial charge in [-0.2, -0.15) is 0 Å². The van der Waals surface area contributed by atoms with Gasteiger partial charge in [-0.25, -0.2) is 5.84 Å². The highest BCUT2D eigenvalue weighted by molar-refractivity contribution is 7.99. The van der Waals surface area contributed by atoms with Crippen molar-refractivity contribution in [1.82, 2.24) is 0 Å². The van der Waals surface area contributed by atoms with E-state index < -0.39 is 11.1 Å². The van der Waals surface area contributed by atoms with Gasteiger partial charge >= 0.3 is 0 Å². The van der Waals surface area contributed by atoms with Gasteiger partial charge in [-0.15, -0.1) is 11.8 Å². The van der Waals surface area contributed by atoms with Crippen molar-refractivity contribution >= 4 is 28.5 Å². The molecule has 0 aliphatic carbocycles. The minimum absolute atomic E-state index is 0.307. The van der Waals surface area contributed by atoms with Gasteiger partial charge in [0.05, 0.1) is 11.6 Å². The Balaban J connectivity index is 2.45. The van der Waals surface area contributed by atoms with Crippen LogP contribution in [0.2, 0.25) is 0 Å². The molecule has 0 saturated heterocycles. The molecule has 6 heteroatoms. The van der Waals surface area contributed by atoms with Crippen molar-refractivity contribution in [3.05, 3.63) is 18.2 Å². The first kappa shape index (κ1) is 9.01. The molecule has 0 aromatic heterocycles. The number of benzene rings is 1. The van der Waals surface area contributed by atoms with Crippen LogP contribution in [0.15, 0.2) is 28.0 Å². The van der Waals surface area contributed by atoms with Crippen molar-refractivity contribution in [3.63, 3.8) is 0 Å². The first-order valence-corrected chi connectivity index (χ1v) is 5.63. The monoisotopic (exact) mass is 215 g/mol. The second-order valence-corrected chi connectivity index (χ2v) is 4.53. The first-order chi connectivity index (χ1) is 6.18. The molecule has 1 aliphatic rings. The Hall–Kier alpha value is -0.560. The first-order valence-electron chi connectivity index (χ1n) is 3.57. The molecule has 1 unspecified atom stereocenters. The lowest BCUT2D eigenvalue weighted by atomic mass is 10.3. The number of hydrogen-bond donors (Lipinski definition) is 1. The molecule has 4 nitrogen and oxygen atoms in total. The van der Waals surface area contributed by atoms with E-state index in [1.807, 2.05) is 0 Å². The molecule has 1 aliphatic heterocycles. The molecule has 0 bridgehead atoms. The lowest BCUT2D eigenvalue weighted by Gasteiger charge is -2.11. The Morgan fingerprint density at radius 3 is 3.08 bits per heavy atom. The third-order valence-corrected chi connectivity index (χ3v) is 3.48. The summed E-state index contributed by atoms with van der Waals surface area (Å²) in [5.74, 6) is 6.30. The molecule has 1 aromatic rings. The van der Waals surface area contributed by atoms with Gasteiger partial charge < -0.3 is 4.55 Å². The molecule has 0 spiro atoms. The second-order valence-electron chi connectivity index (χ2n) is 2.61. The molecule has 1 aromatic carbocycles. The third kappa shape index (κ3) is 1.58. The van der Waals surface area contributed by atoms with Crippen LogP contribution in [-0.4, -0.2) is 14.6 Å². The maximum Gasteiger partial charge on any atom is 0.0844 e. The SMILES string of the molecule is NN1CSc2cc(S(=O)[O-])ccc21. The summed E-state index contributed by atoms with van der Waals surface area (Å²) >= 11 is -0.620. The summed E-state index contributed by atoms with van der Waals surface area (Å²) in [5, 5.41) is 1.59. The van der Waals surface area contributed by atoms with Crippen LogP contribution in [-0.2, 0) is 11.1 Å². The van der Waals surface area contributed by atoms with Crippen LogP contribution in [0.5, 0.6) is 0 Å². The molecule has 13 heavy (non-hydrogen) atoms. The van der Waals surface area contributed by atoms with Gasteiger partial charge in [0.15, 0.2) is 0 Å². The lowest BCUT2D eigenvalue weighted by molar-refractivity contribution is 0.537. The Labute approximate surface area is 82.4 Å². The molecule has 0 amide bonds. The van der Waals surface area contributed by atoms with E-state index in [1.165, 1.54) is 11.8 Å². The van der Waals surface area contributed by atoms with Gasteiger partial charge in [-0.1, -0.05) is 0 Å². The van der Waals surface area contributed by atoms with Crippen LogP contribution >= 0.6 is 11.8 Å². The number of hydrogen-bond acceptors (Lipinski definition) is 5. The summed E-state index contributed by atoms with van der Waals surface area (Å²) in [5.41, 5.74) is 0.888. The summed E-state index contributed by atoms with van der Waals surface area (Å²) in [7, 11) is 0. The maximum absolute atomic E-state index is 10.6. The normalized spacial score (nSPS) is 17.2. The molecule has 70 valence electrons. The van der Waals surface area contributed by atoms with Crippen molar-refractivity contribution in [2.75, 3.05) is 10.9 Å². The largest absolute Gasteiger partial charge is 0.768 e. The average molecular weight is 215 g/mol. The lowest BCUT2D eigenvalue weighted by Crippen LogP contribution is -2.26. The fraction of sp³-hybridized carbons (Fsp3) is 0.143. The highest BCUT2D eigenvalue weighted by atomic mass is 32.2. The highest BCUT2D eigenvalue weighted by Crippen LogP contribution is 2.37. The van der Waals surface area contributed by atoms with Crippen LogP contribution < -0.4 is 10.9 Å². The molecule has 0 saturated carbocycles. The number of rotatable bonds is 1. The van der Waals surface area contributed by atoms with Crippen LogP contribution in [0.4, 0.5) is 5.69 Å². The second kappa shape index (κ2) is 3.30. The molecular weight excluding hydrogens is 208 g/mol. The van der Waals surface area contributed by atoms with Gasteiger partial charge in [0.2, 0.25) is 0 Å². The van der Waals surface area contributed by atoms with E-state index >= 15 is 0 Å². The smallest absolute Gasteiger partial charge is 0.0844 e. The Morgan fingerprint density at radius 2 is 2.38 bits per heavy atom. The molecule has 2 rings (SSSR count). The summed E-state index contributed by atoms with van der Waals surface area (Å²) in [6, 6.07) is 4.91. The summed E-state index contributed by atoms with van der Waals surface area (Å²) in [6.45, 7) is 0. The summed E-state index contributed by atoms with van der Waals surface area (Å²) in [6.07, 6.45) is 0. The van der Waals surface area contributed by atoms with E-state index in [2.05, 4.69) is 0 Å². The van der Waals surface area contributed by atoms with Crippen molar-refractivity contribution < 1.29 is 8.76 Å². The van der Waals surface area contributed by atoms with E-state index in [9.17, 15) is 8.76 Å². The topological polar surface area (TPSA) is 69.4 Å². The highest BCUT2D eigenvalue weighted by Gasteiger charge is 2.16. The molecule has 0 radical (unpaired) electrons. The van der Waals surface area contributed by atoms with E-state index in [-0.39, 0.29) is 0 Å². The summed E-state index contributed by atoms with van der Waals surface area (Å²) in [4.78, 5) is 1.23. The third-order valence-electron chi connectivity index (χ3n) is 1.79. The Morgan fingerprint density at radius 1 is 1.62 bits per heavy atom. The fourth-order valence-corrected chi connectivity index (χ4v) is 2.59. The number of hydrazine groups is 1. The zero-order valence-electron chi connectivity index (χ0n) is 6.60. The minimum Gasteiger partial charge on any atom is -0.768 e. The van der Waals surface area contributed by atoms with Gasteiger partial charge in [0.1, 0.15) is 0 Å². The molecule has 2 N–H and O–H groups in total. The van der Waals surface area contributed by atoms with E-state index in [0.29, 0.717) is 10.8 Å². The van der Waals surface area contributed by atoms with Gasteiger partial charge in [-0.05, 0) is 29.3 Å². The fourth-order valence-electron chi connectivity index (χ4n) is 1.16. The Bertz CT molecular complexity index is 370. The van der Waals surface area contributed by atoms with Gasteiger partial charge in [0, 0.05) is 9.79 Å². The van der Waals surface area contributed by atoms with Crippen molar-refractivity contribution in [2.24, 2.45) is 5.84 Å². The zero-order chi connectivity index (χ0) is 9.42. The number of nitrogens with two attached hydrogens (primary N) is 1. The van der Waals surface area contributed by atoms with Gasteiger partial charge in [-0.3, -0.25) is 9.22 Å². The molecule has 0 fully saturated rings. The molecular formula is C7H7N2O2S2-. The van der Waals surface area contributed by atoms with Crippen molar-refractivity contribution in [2.45, 2.75) is 9.79 Å². The van der Waals surface area contributed by atoms with E-state index in [1.54, 1.807) is 23.2 Å². The predicted molar refractivity (Wildman–Crippen MR) is 51.0 cm³/mol. The van der Waals surface area contributed by atoms with Crippen molar-refractivity contribution in [3.8, 4) is 0 Å². The number of anilines is 1. The van der Waals surface area contributed by atoms with Gasteiger partial charge in [0.25, 0.3) is 0 Å². The maximum atomic E-state index is 10.6. The van der Waals surface area contributed by atoms with E-state index in [4.69, 9.17) is 5.84 Å². The number of fused-ring (bicyclic) bond motifs is 1. The predicted octanol–water partition coefficient (Wildman–Crippen LogP) is 0.668. The Kier molecular flexibility index (Phi) is 2.29. The minimum atomic E-state index is -2.16. The summed E-state index contributed by atoms with van der Waals surface area (Å²) < 4.78 is 21.3. The molecule has 1 atom stereocenters. The van der Waals surface area contributed by atoms with E-state index in [0.717, 1.165) is 10.6 Å². The number of nitrogens with zero attached hydrogens (tertiary/aromatic N) is 1. The van der Waals surface area contributed by atoms with Crippen LogP contribution in [0.25, 0.3) is 0 Å². The van der Waals surface area contributed by atoms with Crippen LogP contribution in [0.3, 0.4) is 0 Å². The van der Waals surface area contributed by atoms with Crippen LogP contribution in [0.1, 0.15) is 0 Å². The standard InChI is InChI=1S/C7H8N2O2S2/c8-9-4-12-7-3-5(13(10)11)1-2-6(7)9/h1-3H,4,8H2,(H,10,11)/p-1. The number of thioether (sulfide) groups is 1. The quantitative estimate of drug-likeness (QED) is 0.550.